The van der Waals surface area contributed by atoms with Crippen LogP contribution in [0.5, 0.6) is 0 Å². The number of fused-ring (bicyclic) bond motifs is 1. The first-order valence-corrected chi connectivity index (χ1v) is 9.57. The molecule has 2 aliphatic rings. The van der Waals surface area contributed by atoms with Gasteiger partial charge in [-0.05, 0) is 26.0 Å². The second-order valence-corrected chi connectivity index (χ2v) is 7.92. The number of aliphatic imine (C=N–C) groups is 1. The van der Waals surface area contributed by atoms with Crippen LogP contribution in [0, 0.1) is 0 Å². The number of hydrogen-bond donors (Lipinski definition) is 2. The van der Waals surface area contributed by atoms with Gasteiger partial charge < -0.3 is 10.2 Å². The molecule has 0 saturated carbocycles. The first kappa shape index (κ1) is 16.9. The van der Waals surface area contributed by atoms with Crippen molar-refractivity contribution in [2.75, 3.05) is 19.6 Å². The molecule has 2 N–H and O–H groups in total. The molecule has 2 atom stereocenters. The average molecular weight is 350 g/mol. The fraction of sp³-hybridized carbons (Fsp3) is 0.500. The van der Waals surface area contributed by atoms with E-state index in [-0.39, 0.29) is 29.3 Å². The van der Waals surface area contributed by atoms with Crippen molar-refractivity contribution in [3.05, 3.63) is 29.8 Å². The molecule has 0 bridgehead atoms. The van der Waals surface area contributed by atoms with Gasteiger partial charge in [-0.2, -0.15) is 0 Å². The Morgan fingerprint density at radius 3 is 2.92 bits per heavy atom. The molecular weight excluding hydrogens is 328 g/mol. The van der Waals surface area contributed by atoms with Gasteiger partial charge in [0.25, 0.3) is 10.0 Å². The molecule has 1 amide bonds. The zero-order valence-electron chi connectivity index (χ0n) is 13.8. The van der Waals surface area contributed by atoms with Gasteiger partial charge in [-0.1, -0.05) is 12.1 Å². The van der Waals surface area contributed by atoms with Gasteiger partial charge in [0.2, 0.25) is 5.91 Å². The summed E-state index contributed by atoms with van der Waals surface area (Å²) in [6.45, 7) is 6.13. The highest BCUT2D eigenvalue weighted by atomic mass is 32.2. The van der Waals surface area contributed by atoms with Gasteiger partial charge in [0.05, 0.1) is 10.9 Å². The molecule has 2 heterocycles. The quantitative estimate of drug-likeness (QED) is 0.822. The van der Waals surface area contributed by atoms with E-state index in [2.05, 4.69) is 15.0 Å². The molecule has 3 rings (SSSR count). The van der Waals surface area contributed by atoms with Gasteiger partial charge >= 0.3 is 0 Å². The van der Waals surface area contributed by atoms with Gasteiger partial charge in [0.15, 0.2) is 0 Å². The number of sulfonamides is 1. The Bertz CT molecular complexity index is 775. The Hall–Kier alpha value is -1.93. The average Bonchev–Trinajstić information content (AvgIpc) is 2.79. The lowest BCUT2D eigenvalue weighted by Crippen LogP contribution is -2.52. The predicted molar refractivity (Wildman–Crippen MR) is 91.4 cm³/mol. The van der Waals surface area contributed by atoms with Crippen molar-refractivity contribution >= 4 is 21.8 Å². The Morgan fingerprint density at radius 2 is 2.17 bits per heavy atom. The minimum atomic E-state index is -3.54. The Balaban J connectivity index is 1.74. The maximum Gasteiger partial charge on any atom is 0.263 e. The van der Waals surface area contributed by atoms with Crippen molar-refractivity contribution in [1.29, 1.82) is 0 Å². The molecule has 1 aromatic carbocycles. The maximum atomic E-state index is 12.5. The number of carbonyl (C=O) groups is 1. The molecular formula is C16H22N4O3S. The lowest BCUT2D eigenvalue weighted by molar-refractivity contribution is -0.134. The Kier molecular flexibility index (Phi) is 4.60. The molecule has 2 aliphatic heterocycles. The van der Waals surface area contributed by atoms with E-state index in [1.54, 1.807) is 24.3 Å². The predicted octanol–water partition coefficient (Wildman–Crippen LogP) is 0.324. The van der Waals surface area contributed by atoms with Crippen molar-refractivity contribution in [1.82, 2.24) is 14.9 Å². The Labute approximate surface area is 142 Å². The normalized spacial score (nSPS) is 25.2. The summed E-state index contributed by atoms with van der Waals surface area (Å²) in [6.07, 6.45) is 0.262. The molecule has 24 heavy (non-hydrogen) atoms. The lowest BCUT2D eigenvalue weighted by atomic mass is 10.1. The number of rotatable bonds is 3. The van der Waals surface area contributed by atoms with Crippen LogP contribution in [0.3, 0.4) is 0 Å². The number of hydrogen-bond acceptors (Lipinski definition) is 5. The second-order valence-electron chi connectivity index (χ2n) is 6.27. The van der Waals surface area contributed by atoms with Crippen molar-refractivity contribution in [3.8, 4) is 0 Å². The first-order valence-electron chi connectivity index (χ1n) is 8.08. The smallest absolute Gasteiger partial charge is 0.263 e. The summed E-state index contributed by atoms with van der Waals surface area (Å²) in [5.74, 6) is 0.370. The molecule has 1 saturated heterocycles. The third kappa shape index (κ3) is 3.29. The maximum absolute atomic E-state index is 12.5. The van der Waals surface area contributed by atoms with E-state index in [0.717, 1.165) is 13.1 Å². The molecule has 7 nitrogen and oxygen atoms in total. The van der Waals surface area contributed by atoms with Crippen LogP contribution < -0.4 is 10.0 Å². The molecule has 0 radical (unpaired) electrons. The van der Waals surface area contributed by atoms with Gasteiger partial charge in [-0.25, -0.2) is 8.42 Å². The van der Waals surface area contributed by atoms with Crippen molar-refractivity contribution in [3.63, 3.8) is 0 Å². The summed E-state index contributed by atoms with van der Waals surface area (Å²) in [5.41, 5.74) is 0.562. The lowest BCUT2D eigenvalue weighted by Gasteiger charge is -2.34. The number of piperazine rings is 1. The topological polar surface area (TPSA) is 90.9 Å². The monoisotopic (exact) mass is 350 g/mol. The molecule has 0 spiro atoms. The highest BCUT2D eigenvalue weighted by Gasteiger charge is 2.31. The van der Waals surface area contributed by atoms with Crippen LogP contribution >= 0.6 is 0 Å². The molecule has 1 fully saturated rings. The fourth-order valence-electron chi connectivity index (χ4n) is 3.08. The summed E-state index contributed by atoms with van der Waals surface area (Å²) in [4.78, 5) is 19.0. The van der Waals surface area contributed by atoms with E-state index in [9.17, 15) is 13.2 Å². The number of carbonyl (C=O) groups excluding carboxylic acids is 1. The summed E-state index contributed by atoms with van der Waals surface area (Å²) in [6, 6.07) is 6.59. The van der Waals surface area contributed by atoms with Gasteiger partial charge in [0, 0.05) is 37.7 Å². The number of benzene rings is 1. The molecule has 8 heteroatoms. The van der Waals surface area contributed by atoms with Crippen molar-refractivity contribution in [2.24, 2.45) is 4.99 Å². The van der Waals surface area contributed by atoms with Crippen LogP contribution in [-0.2, 0) is 14.8 Å². The minimum absolute atomic E-state index is 0.0509. The van der Waals surface area contributed by atoms with Crippen LogP contribution in [0.25, 0.3) is 0 Å². The van der Waals surface area contributed by atoms with Gasteiger partial charge in [0.1, 0.15) is 5.84 Å². The van der Waals surface area contributed by atoms with Crippen LogP contribution in [0.1, 0.15) is 25.8 Å². The molecule has 0 aromatic heterocycles. The van der Waals surface area contributed by atoms with E-state index in [1.165, 1.54) is 0 Å². The van der Waals surface area contributed by atoms with Crippen LogP contribution in [0.15, 0.2) is 34.2 Å². The van der Waals surface area contributed by atoms with Crippen molar-refractivity contribution < 1.29 is 13.2 Å². The molecule has 0 aliphatic carbocycles. The Morgan fingerprint density at radius 1 is 1.42 bits per heavy atom. The molecule has 1 aromatic rings. The van der Waals surface area contributed by atoms with Gasteiger partial charge in [-0.15, -0.1) is 0 Å². The zero-order valence-corrected chi connectivity index (χ0v) is 14.6. The highest BCUT2D eigenvalue weighted by molar-refractivity contribution is 7.90. The third-order valence-corrected chi connectivity index (χ3v) is 5.70. The summed E-state index contributed by atoms with van der Waals surface area (Å²) in [5, 5.41) is 3.25. The molecule has 130 valence electrons. The van der Waals surface area contributed by atoms with Crippen molar-refractivity contribution in [2.45, 2.75) is 37.2 Å². The van der Waals surface area contributed by atoms with E-state index in [4.69, 9.17) is 0 Å². The van der Waals surface area contributed by atoms with Gasteiger partial charge in [-0.3, -0.25) is 14.5 Å². The summed E-state index contributed by atoms with van der Waals surface area (Å²) < 4.78 is 26.6. The molecule has 1 unspecified atom stereocenters. The number of nitrogens with zero attached hydrogens (tertiary/aromatic N) is 2. The standard InChI is InChI=1S/C16H22N4O3S/c1-11(9-15(21)20-8-7-17-10-12(20)2)18-16-13-5-3-4-6-14(13)24(22,23)19-16/h3-6,11-12,17H,7-10H2,1-2H3,(H,18,19)/t11?,12-/m0/s1. The van der Waals surface area contributed by atoms with E-state index < -0.39 is 10.0 Å². The van der Waals surface area contributed by atoms with Crippen LogP contribution in [0.4, 0.5) is 0 Å². The van der Waals surface area contributed by atoms with E-state index >= 15 is 0 Å². The number of nitrogens with one attached hydrogen (secondary N) is 2. The summed E-state index contributed by atoms with van der Waals surface area (Å²) >= 11 is 0. The van der Waals surface area contributed by atoms with Crippen LogP contribution in [-0.4, -0.2) is 56.8 Å². The minimum Gasteiger partial charge on any atom is -0.337 e. The largest absolute Gasteiger partial charge is 0.337 e. The SMILES string of the molecule is CC(CC(=O)N1CCNC[C@@H]1C)N=C1NS(=O)(=O)c2ccccc21. The van der Waals surface area contributed by atoms with Crippen LogP contribution in [0.2, 0.25) is 0 Å². The third-order valence-electron chi connectivity index (χ3n) is 4.30. The number of amidine groups is 1. The zero-order chi connectivity index (χ0) is 17.3. The second kappa shape index (κ2) is 6.52. The van der Waals surface area contributed by atoms with E-state index in [0.29, 0.717) is 17.9 Å². The number of amides is 1. The first-order chi connectivity index (χ1) is 11.4. The summed E-state index contributed by atoms with van der Waals surface area (Å²) in [7, 11) is -3.54. The highest BCUT2D eigenvalue weighted by Crippen LogP contribution is 2.23. The fourth-order valence-corrected chi connectivity index (χ4v) is 4.32. The van der Waals surface area contributed by atoms with E-state index in [1.807, 2.05) is 18.7 Å².